The van der Waals surface area contributed by atoms with Crippen molar-refractivity contribution in [1.82, 2.24) is 20.2 Å². The molecule has 0 spiro atoms. The van der Waals surface area contributed by atoms with Gasteiger partial charge in [-0.2, -0.15) is 0 Å². The SMILES string of the molecule is CC(N)CN1CC(c2ccc3nc[nH]c3c2)NC1=O. The molecular weight excluding hydrogens is 242 g/mol. The summed E-state index contributed by atoms with van der Waals surface area (Å²) in [5.41, 5.74) is 8.74. The van der Waals surface area contributed by atoms with Gasteiger partial charge in [-0.15, -0.1) is 0 Å². The van der Waals surface area contributed by atoms with E-state index in [9.17, 15) is 4.79 Å². The van der Waals surface area contributed by atoms with Crippen LogP contribution in [0.3, 0.4) is 0 Å². The number of hydrogen-bond donors (Lipinski definition) is 3. The van der Waals surface area contributed by atoms with Crippen LogP contribution in [0.15, 0.2) is 24.5 Å². The highest BCUT2D eigenvalue weighted by molar-refractivity contribution is 5.79. The minimum absolute atomic E-state index is 0.0129. The maximum Gasteiger partial charge on any atom is 0.318 e. The molecule has 1 aliphatic rings. The van der Waals surface area contributed by atoms with E-state index in [2.05, 4.69) is 15.3 Å². The smallest absolute Gasteiger partial charge is 0.318 e. The van der Waals surface area contributed by atoms with Gasteiger partial charge in [-0.05, 0) is 24.6 Å². The second kappa shape index (κ2) is 4.55. The van der Waals surface area contributed by atoms with E-state index >= 15 is 0 Å². The average molecular weight is 259 g/mol. The van der Waals surface area contributed by atoms with Crippen molar-refractivity contribution in [2.45, 2.75) is 19.0 Å². The monoisotopic (exact) mass is 259 g/mol. The van der Waals surface area contributed by atoms with Gasteiger partial charge in [-0.25, -0.2) is 9.78 Å². The predicted molar refractivity (Wildman–Crippen MR) is 72.6 cm³/mol. The number of H-pyrrole nitrogens is 1. The highest BCUT2D eigenvalue weighted by Crippen LogP contribution is 2.23. The van der Waals surface area contributed by atoms with E-state index in [1.54, 1.807) is 11.2 Å². The topological polar surface area (TPSA) is 87.0 Å². The van der Waals surface area contributed by atoms with E-state index in [0.29, 0.717) is 13.1 Å². The van der Waals surface area contributed by atoms with Crippen LogP contribution in [0.1, 0.15) is 18.5 Å². The zero-order chi connectivity index (χ0) is 13.4. The van der Waals surface area contributed by atoms with E-state index in [-0.39, 0.29) is 18.1 Å². The van der Waals surface area contributed by atoms with Crippen LogP contribution in [0.25, 0.3) is 11.0 Å². The second-order valence-electron chi connectivity index (χ2n) is 5.06. The Morgan fingerprint density at radius 3 is 3.21 bits per heavy atom. The maximum absolute atomic E-state index is 11.8. The van der Waals surface area contributed by atoms with Crippen molar-refractivity contribution in [2.24, 2.45) is 5.73 Å². The van der Waals surface area contributed by atoms with Crippen molar-refractivity contribution in [3.63, 3.8) is 0 Å². The third kappa shape index (κ3) is 2.26. The zero-order valence-corrected chi connectivity index (χ0v) is 10.8. The van der Waals surface area contributed by atoms with E-state index < -0.39 is 0 Å². The van der Waals surface area contributed by atoms with Gasteiger partial charge in [0, 0.05) is 19.1 Å². The minimum Gasteiger partial charge on any atom is -0.345 e. The summed E-state index contributed by atoms with van der Waals surface area (Å²) in [5.74, 6) is 0. The highest BCUT2D eigenvalue weighted by atomic mass is 16.2. The van der Waals surface area contributed by atoms with Gasteiger partial charge < -0.3 is 20.9 Å². The number of rotatable bonds is 3. The molecule has 2 aromatic rings. The van der Waals surface area contributed by atoms with E-state index in [4.69, 9.17) is 5.73 Å². The van der Waals surface area contributed by atoms with E-state index in [1.165, 1.54) is 0 Å². The van der Waals surface area contributed by atoms with Crippen LogP contribution in [0.5, 0.6) is 0 Å². The Labute approximate surface area is 111 Å². The Morgan fingerprint density at radius 2 is 2.42 bits per heavy atom. The fourth-order valence-corrected chi connectivity index (χ4v) is 2.45. The summed E-state index contributed by atoms with van der Waals surface area (Å²) in [5, 5.41) is 2.98. The number of fused-ring (bicyclic) bond motifs is 1. The second-order valence-corrected chi connectivity index (χ2v) is 5.06. The number of urea groups is 1. The average Bonchev–Trinajstić information content (AvgIpc) is 2.95. The molecule has 2 heterocycles. The fourth-order valence-electron chi connectivity index (χ4n) is 2.45. The Kier molecular flexibility index (Phi) is 2.87. The lowest BCUT2D eigenvalue weighted by molar-refractivity contribution is 0.215. The van der Waals surface area contributed by atoms with Crippen LogP contribution in [0.2, 0.25) is 0 Å². The first kappa shape index (κ1) is 12.0. The van der Waals surface area contributed by atoms with Crippen LogP contribution in [-0.2, 0) is 0 Å². The molecular formula is C13H17N5O. The predicted octanol–water partition coefficient (Wildman–Crippen LogP) is 0.976. The molecule has 19 heavy (non-hydrogen) atoms. The number of aromatic nitrogens is 2. The van der Waals surface area contributed by atoms with Gasteiger partial charge in [-0.3, -0.25) is 0 Å². The quantitative estimate of drug-likeness (QED) is 0.767. The summed E-state index contributed by atoms with van der Waals surface area (Å²) in [4.78, 5) is 20.9. The van der Waals surface area contributed by atoms with Gasteiger partial charge in [0.15, 0.2) is 0 Å². The van der Waals surface area contributed by atoms with Crippen molar-refractivity contribution in [3.8, 4) is 0 Å². The number of carbonyl (C=O) groups is 1. The Hall–Kier alpha value is -2.08. The Morgan fingerprint density at radius 1 is 1.58 bits per heavy atom. The number of hydrogen-bond acceptors (Lipinski definition) is 3. The maximum atomic E-state index is 11.8. The van der Waals surface area contributed by atoms with Gasteiger partial charge >= 0.3 is 6.03 Å². The summed E-state index contributed by atoms with van der Waals surface area (Å²) in [6.07, 6.45) is 1.67. The first-order chi connectivity index (χ1) is 9.13. The van der Waals surface area contributed by atoms with Crippen molar-refractivity contribution < 1.29 is 4.79 Å². The molecule has 1 aromatic heterocycles. The summed E-state index contributed by atoms with van der Waals surface area (Å²) in [7, 11) is 0. The van der Waals surface area contributed by atoms with Crippen LogP contribution in [-0.4, -0.2) is 40.0 Å². The molecule has 1 aliphatic heterocycles. The summed E-state index contributed by atoms with van der Waals surface area (Å²) in [6, 6.07) is 5.94. The molecule has 6 nitrogen and oxygen atoms in total. The third-order valence-corrected chi connectivity index (χ3v) is 3.34. The van der Waals surface area contributed by atoms with Crippen LogP contribution in [0.4, 0.5) is 4.79 Å². The van der Waals surface area contributed by atoms with Gasteiger partial charge in [0.25, 0.3) is 0 Å². The first-order valence-corrected chi connectivity index (χ1v) is 6.37. The normalized spacial score (nSPS) is 20.8. The largest absolute Gasteiger partial charge is 0.345 e. The Balaban J connectivity index is 1.81. The molecule has 1 aromatic carbocycles. The molecule has 2 atom stereocenters. The molecule has 2 unspecified atom stereocenters. The van der Waals surface area contributed by atoms with E-state index in [0.717, 1.165) is 16.6 Å². The lowest BCUT2D eigenvalue weighted by Gasteiger charge is -2.16. The van der Waals surface area contributed by atoms with E-state index in [1.807, 2.05) is 25.1 Å². The van der Waals surface area contributed by atoms with Crippen LogP contribution in [0, 0.1) is 0 Å². The lowest BCUT2D eigenvalue weighted by Crippen LogP contribution is -2.37. The van der Waals surface area contributed by atoms with Gasteiger partial charge in [0.05, 0.1) is 23.4 Å². The summed E-state index contributed by atoms with van der Waals surface area (Å²) >= 11 is 0. The van der Waals surface area contributed by atoms with Gasteiger partial charge in [-0.1, -0.05) is 6.07 Å². The standard InChI is InChI=1S/C13H17N5O/c1-8(14)5-18-6-12(17-13(18)19)9-2-3-10-11(4-9)16-7-15-10/h2-4,7-8,12H,5-6,14H2,1H3,(H,15,16)(H,17,19). The number of nitrogens with one attached hydrogen (secondary N) is 2. The molecule has 6 heteroatoms. The number of nitrogens with zero attached hydrogens (tertiary/aromatic N) is 2. The minimum atomic E-state index is -0.0491. The molecule has 0 saturated carbocycles. The Bertz CT molecular complexity index is 606. The van der Waals surface area contributed by atoms with Crippen molar-refractivity contribution in [2.75, 3.05) is 13.1 Å². The lowest BCUT2D eigenvalue weighted by atomic mass is 10.1. The molecule has 0 radical (unpaired) electrons. The number of nitrogens with two attached hydrogens (primary N) is 1. The molecule has 100 valence electrons. The number of carbonyl (C=O) groups excluding carboxylic acids is 1. The molecule has 2 amide bonds. The molecule has 1 saturated heterocycles. The van der Waals surface area contributed by atoms with Crippen molar-refractivity contribution in [1.29, 1.82) is 0 Å². The van der Waals surface area contributed by atoms with Gasteiger partial charge in [0.2, 0.25) is 0 Å². The molecule has 0 bridgehead atoms. The first-order valence-electron chi connectivity index (χ1n) is 6.37. The van der Waals surface area contributed by atoms with Crippen molar-refractivity contribution >= 4 is 17.1 Å². The van der Waals surface area contributed by atoms with Gasteiger partial charge in [0.1, 0.15) is 0 Å². The highest BCUT2D eigenvalue weighted by Gasteiger charge is 2.30. The zero-order valence-electron chi connectivity index (χ0n) is 10.8. The number of imidazole rings is 1. The molecule has 1 fully saturated rings. The van der Waals surface area contributed by atoms with Crippen LogP contribution < -0.4 is 11.1 Å². The molecule has 0 aliphatic carbocycles. The molecule has 4 N–H and O–H groups in total. The molecule has 3 rings (SSSR count). The summed E-state index contributed by atoms with van der Waals surface area (Å²) in [6.45, 7) is 3.13. The van der Waals surface area contributed by atoms with Crippen molar-refractivity contribution in [3.05, 3.63) is 30.1 Å². The fraction of sp³-hybridized carbons (Fsp3) is 0.385. The third-order valence-electron chi connectivity index (χ3n) is 3.34. The number of aromatic amines is 1. The number of amides is 2. The summed E-state index contributed by atoms with van der Waals surface area (Å²) < 4.78 is 0. The van der Waals surface area contributed by atoms with Crippen LogP contribution >= 0.6 is 0 Å². The number of benzene rings is 1.